The highest BCUT2D eigenvalue weighted by atomic mass is 15.0. The Kier molecular flexibility index (Phi) is 4.38. The van der Waals surface area contributed by atoms with Crippen molar-refractivity contribution in [3.05, 3.63) is 89.0 Å². The Hall–Kier alpha value is -2.35. The van der Waals surface area contributed by atoms with Crippen LogP contribution >= 0.6 is 0 Å². The van der Waals surface area contributed by atoms with Gasteiger partial charge >= 0.3 is 0 Å². The van der Waals surface area contributed by atoms with Crippen molar-refractivity contribution in [1.82, 2.24) is 9.55 Å². The normalized spacial score (nSPS) is 10.8. The van der Waals surface area contributed by atoms with Gasteiger partial charge < -0.3 is 4.57 Å². The van der Waals surface area contributed by atoms with Gasteiger partial charge in [-0.15, -0.1) is 0 Å². The zero-order valence-electron chi connectivity index (χ0n) is 13.3. The average molecular weight is 290 g/mol. The van der Waals surface area contributed by atoms with Crippen LogP contribution < -0.4 is 0 Å². The molecule has 0 radical (unpaired) electrons. The lowest BCUT2D eigenvalue weighted by Gasteiger charge is -2.11. The second kappa shape index (κ2) is 6.61. The maximum Gasteiger partial charge on any atom is 0.0951 e. The van der Waals surface area contributed by atoms with Crippen molar-refractivity contribution in [1.29, 1.82) is 0 Å². The van der Waals surface area contributed by atoms with Crippen LogP contribution in [0.15, 0.2) is 61.1 Å². The lowest BCUT2D eigenvalue weighted by Crippen LogP contribution is -2.05. The number of imidazole rings is 1. The predicted molar refractivity (Wildman–Crippen MR) is 91.1 cm³/mol. The van der Waals surface area contributed by atoms with Crippen LogP contribution in [-0.2, 0) is 19.4 Å². The Balaban J connectivity index is 1.71. The summed E-state index contributed by atoms with van der Waals surface area (Å²) in [6, 6.07) is 17.1. The van der Waals surface area contributed by atoms with E-state index in [1.54, 1.807) is 0 Å². The van der Waals surface area contributed by atoms with Gasteiger partial charge in [0.1, 0.15) is 0 Å². The van der Waals surface area contributed by atoms with E-state index < -0.39 is 0 Å². The van der Waals surface area contributed by atoms with E-state index >= 15 is 0 Å². The molecule has 3 aromatic rings. The molecule has 0 aliphatic heterocycles. The molecule has 0 unspecified atom stereocenters. The van der Waals surface area contributed by atoms with E-state index in [1.807, 2.05) is 12.5 Å². The second-order valence-electron chi connectivity index (χ2n) is 5.86. The highest BCUT2D eigenvalue weighted by molar-refractivity contribution is 5.33. The molecule has 3 rings (SSSR count). The summed E-state index contributed by atoms with van der Waals surface area (Å²) < 4.78 is 2.25. The molecule has 0 saturated carbocycles. The van der Waals surface area contributed by atoms with Crippen molar-refractivity contribution in [3.8, 4) is 0 Å². The number of benzene rings is 2. The Morgan fingerprint density at radius 3 is 2.55 bits per heavy atom. The monoisotopic (exact) mass is 290 g/mol. The third-order valence-electron chi connectivity index (χ3n) is 4.36. The fourth-order valence-electron chi connectivity index (χ4n) is 2.82. The SMILES string of the molecule is Cc1cccc(CCc2cncn2Cc2ccccc2)c1C. The standard InChI is InChI=1S/C20H22N2/c1-16-7-6-10-19(17(16)2)11-12-20-13-21-15-22(20)14-18-8-4-3-5-9-18/h3-10,13,15H,11-12,14H2,1-2H3. The molecule has 0 atom stereocenters. The van der Waals surface area contributed by atoms with E-state index in [0.717, 1.165) is 19.4 Å². The summed E-state index contributed by atoms with van der Waals surface area (Å²) >= 11 is 0. The minimum absolute atomic E-state index is 0.892. The number of nitrogens with zero attached hydrogens (tertiary/aromatic N) is 2. The molecule has 0 bridgehead atoms. The van der Waals surface area contributed by atoms with Crippen molar-refractivity contribution in [2.75, 3.05) is 0 Å². The maximum absolute atomic E-state index is 4.33. The second-order valence-corrected chi connectivity index (χ2v) is 5.86. The number of aromatic nitrogens is 2. The molecule has 112 valence electrons. The first kappa shape index (κ1) is 14.6. The van der Waals surface area contributed by atoms with Crippen LogP contribution in [0.5, 0.6) is 0 Å². The third-order valence-corrected chi connectivity index (χ3v) is 4.36. The third kappa shape index (κ3) is 3.28. The Morgan fingerprint density at radius 1 is 0.909 bits per heavy atom. The topological polar surface area (TPSA) is 17.8 Å². The molecule has 0 spiro atoms. The van der Waals surface area contributed by atoms with E-state index in [1.165, 1.54) is 27.9 Å². The summed E-state index contributed by atoms with van der Waals surface area (Å²) in [5.41, 5.74) is 6.83. The molecular weight excluding hydrogens is 268 g/mol. The van der Waals surface area contributed by atoms with Gasteiger partial charge in [0.15, 0.2) is 0 Å². The van der Waals surface area contributed by atoms with Gasteiger partial charge in [0.25, 0.3) is 0 Å². The van der Waals surface area contributed by atoms with Crippen molar-refractivity contribution in [3.63, 3.8) is 0 Å². The van der Waals surface area contributed by atoms with Crippen molar-refractivity contribution in [2.45, 2.75) is 33.2 Å². The number of hydrogen-bond acceptors (Lipinski definition) is 1. The molecule has 0 amide bonds. The van der Waals surface area contributed by atoms with Crippen molar-refractivity contribution >= 4 is 0 Å². The quantitative estimate of drug-likeness (QED) is 0.683. The largest absolute Gasteiger partial charge is 0.330 e. The van der Waals surface area contributed by atoms with Crippen LogP contribution in [-0.4, -0.2) is 9.55 Å². The number of aryl methyl sites for hydroxylation is 3. The first-order chi connectivity index (χ1) is 10.7. The molecular formula is C20H22N2. The number of rotatable bonds is 5. The smallest absolute Gasteiger partial charge is 0.0951 e. The molecule has 0 aliphatic rings. The van der Waals surface area contributed by atoms with Crippen molar-refractivity contribution < 1.29 is 0 Å². The zero-order valence-corrected chi connectivity index (χ0v) is 13.3. The van der Waals surface area contributed by atoms with Gasteiger partial charge in [-0.2, -0.15) is 0 Å². The average Bonchev–Trinajstić information content (AvgIpc) is 2.97. The Labute approximate surface area is 132 Å². The molecule has 0 aliphatic carbocycles. The summed E-state index contributed by atoms with van der Waals surface area (Å²) in [5.74, 6) is 0. The molecule has 2 heteroatoms. The van der Waals surface area contributed by atoms with Gasteiger partial charge in [-0.05, 0) is 48.9 Å². The summed E-state index contributed by atoms with van der Waals surface area (Å²) in [6.45, 7) is 5.29. The molecule has 0 saturated heterocycles. The van der Waals surface area contributed by atoms with Gasteiger partial charge in [0.2, 0.25) is 0 Å². The first-order valence-corrected chi connectivity index (χ1v) is 7.82. The minimum Gasteiger partial charge on any atom is -0.330 e. The van der Waals surface area contributed by atoms with Gasteiger partial charge in [-0.25, -0.2) is 4.98 Å². The summed E-state index contributed by atoms with van der Waals surface area (Å²) in [7, 11) is 0. The Morgan fingerprint density at radius 2 is 1.73 bits per heavy atom. The van der Waals surface area contributed by atoms with Crippen LogP contribution in [0.3, 0.4) is 0 Å². The molecule has 0 N–H and O–H groups in total. The van der Waals surface area contributed by atoms with Crippen LogP contribution in [0.2, 0.25) is 0 Å². The highest BCUT2D eigenvalue weighted by Gasteiger charge is 2.06. The van der Waals surface area contributed by atoms with Crippen LogP contribution in [0.1, 0.15) is 27.9 Å². The molecule has 22 heavy (non-hydrogen) atoms. The summed E-state index contributed by atoms with van der Waals surface area (Å²) in [4.78, 5) is 4.33. The van der Waals surface area contributed by atoms with Gasteiger partial charge in [-0.1, -0.05) is 48.5 Å². The zero-order chi connectivity index (χ0) is 15.4. The fourth-order valence-corrected chi connectivity index (χ4v) is 2.82. The first-order valence-electron chi connectivity index (χ1n) is 7.82. The van der Waals surface area contributed by atoms with Gasteiger partial charge in [-0.3, -0.25) is 0 Å². The van der Waals surface area contributed by atoms with E-state index in [-0.39, 0.29) is 0 Å². The van der Waals surface area contributed by atoms with E-state index in [4.69, 9.17) is 0 Å². The molecule has 0 fully saturated rings. The van der Waals surface area contributed by atoms with Crippen molar-refractivity contribution in [2.24, 2.45) is 0 Å². The molecule has 1 heterocycles. The minimum atomic E-state index is 0.892. The fraction of sp³-hybridized carbons (Fsp3) is 0.250. The predicted octanol–water partition coefficient (Wildman–Crippen LogP) is 4.33. The van der Waals surface area contributed by atoms with Crippen LogP contribution in [0.25, 0.3) is 0 Å². The summed E-state index contributed by atoms with van der Waals surface area (Å²) in [6.07, 6.45) is 6.02. The molecule has 1 aromatic heterocycles. The van der Waals surface area contributed by atoms with E-state index in [9.17, 15) is 0 Å². The maximum atomic E-state index is 4.33. The molecule has 2 aromatic carbocycles. The van der Waals surface area contributed by atoms with Crippen LogP contribution in [0, 0.1) is 13.8 Å². The summed E-state index contributed by atoms with van der Waals surface area (Å²) in [5, 5.41) is 0. The highest BCUT2D eigenvalue weighted by Crippen LogP contribution is 2.16. The van der Waals surface area contributed by atoms with E-state index in [2.05, 4.69) is 71.9 Å². The number of hydrogen-bond donors (Lipinski definition) is 0. The van der Waals surface area contributed by atoms with E-state index in [0.29, 0.717) is 0 Å². The van der Waals surface area contributed by atoms with Gasteiger partial charge in [0.05, 0.1) is 6.33 Å². The Bertz CT molecular complexity index is 741. The lowest BCUT2D eigenvalue weighted by molar-refractivity contribution is 0.728. The van der Waals surface area contributed by atoms with Gasteiger partial charge in [0, 0.05) is 18.4 Å². The van der Waals surface area contributed by atoms with Crippen LogP contribution in [0.4, 0.5) is 0 Å². The molecule has 2 nitrogen and oxygen atoms in total. The lowest BCUT2D eigenvalue weighted by atomic mass is 9.99.